The van der Waals surface area contributed by atoms with Crippen LogP contribution in [0, 0.1) is 12.8 Å². The van der Waals surface area contributed by atoms with Gasteiger partial charge in [-0.1, -0.05) is 44.7 Å². The Morgan fingerprint density at radius 3 is 2.57 bits per heavy atom. The van der Waals surface area contributed by atoms with Crippen LogP contribution < -0.4 is 16.2 Å². The molecule has 0 spiro atoms. The average Bonchev–Trinajstić information content (AvgIpc) is 3.28. The molecule has 0 aliphatic rings. The van der Waals surface area contributed by atoms with Gasteiger partial charge in [0, 0.05) is 23.8 Å². The van der Waals surface area contributed by atoms with Crippen molar-refractivity contribution in [1.29, 1.82) is 0 Å². The fourth-order valence-corrected chi connectivity index (χ4v) is 4.75. The van der Waals surface area contributed by atoms with Gasteiger partial charge in [0.2, 0.25) is 11.7 Å². The highest BCUT2D eigenvalue weighted by Gasteiger charge is 2.20. The van der Waals surface area contributed by atoms with E-state index in [-0.39, 0.29) is 35.1 Å². The quantitative estimate of drug-likeness (QED) is 0.319. The lowest BCUT2D eigenvalue weighted by Gasteiger charge is -2.15. The normalized spacial score (nSPS) is 12.3. The molecule has 2 aromatic heterocycles. The van der Waals surface area contributed by atoms with Crippen LogP contribution in [0.5, 0.6) is 0 Å². The number of nitrogens with zero attached hydrogens (tertiary/aromatic N) is 4. The van der Waals surface area contributed by atoms with Crippen molar-refractivity contribution in [2.45, 2.75) is 58.8 Å². The maximum atomic E-state index is 13.4. The fourth-order valence-electron chi connectivity index (χ4n) is 4.01. The number of fused-ring (bicyclic) bond motifs is 3. The molecule has 2 heterocycles. The first-order valence-corrected chi connectivity index (χ1v) is 13.4. The number of aryl methyl sites for hydroxylation is 1. The summed E-state index contributed by atoms with van der Waals surface area (Å²) in [7, 11) is 0. The molecule has 4 aromatic rings. The van der Waals surface area contributed by atoms with Crippen LogP contribution in [0.4, 0.5) is 5.69 Å². The van der Waals surface area contributed by atoms with E-state index in [1.807, 2.05) is 58.9 Å². The van der Waals surface area contributed by atoms with Crippen molar-refractivity contribution in [2.75, 3.05) is 11.1 Å². The van der Waals surface area contributed by atoms with Crippen LogP contribution in [0.1, 0.15) is 50.0 Å². The van der Waals surface area contributed by atoms with Gasteiger partial charge in [-0.05, 0) is 62.1 Å². The molecule has 37 heavy (non-hydrogen) atoms. The fraction of sp³-hybridized carbons (Fsp3) is 0.370. The maximum absolute atomic E-state index is 13.4. The number of rotatable bonds is 9. The summed E-state index contributed by atoms with van der Waals surface area (Å²) in [6.07, 6.45) is 0.806. The molecule has 1 atom stereocenters. The zero-order valence-electron chi connectivity index (χ0n) is 21.7. The van der Waals surface area contributed by atoms with E-state index >= 15 is 0 Å². The molecule has 0 fully saturated rings. The molecule has 0 aliphatic carbocycles. The van der Waals surface area contributed by atoms with Gasteiger partial charge in [0.05, 0.1) is 16.7 Å². The Morgan fingerprint density at radius 2 is 1.86 bits per heavy atom. The van der Waals surface area contributed by atoms with E-state index in [0.29, 0.717) is 33.9 Å². The summed E-state index contributed by atoms with van der Waals surface area (Å²) >= 11 is 1.23. The number of benzene rings is 2. The Bertz CT molecular complexity index is 1520. The highest BCUT2D eigenvalue weighted by Crippen LogP contribution is 2.23. The van der Waals surface area contributed by atoms with Crippen LogP contribution >= 0.6 is 11.8 Å². The van der Waals surface area contributed by atoms with E-state index in [1.54, 1.807) is 27.2 Å². The molecule has 2 N–H and O–H groups in total. The second kappa shape index (κ2) is 11.2. The van der Waals surface area contributed by atoms with Gasteiger partial charge in [-0.15, -0.1) is 10.2 Å². The predicted molar refractivity (Wildman–Crippen MR) is 147 cm³/mol. The van der Waals surface area contributed by atoms with Gasteiger partial charge in [0.15, 0.2) is 5.16 Å². The smallest absolute Gasteiger partial charge is 0.262 e. The number of carbonyl (C=O) groups excluding carboxylic acids is 2. The van der Waals surface area contributed by atoms with Crippen LogP contribution in [-0.2, 0) is 11.3 Å². The van der Waals surface area contributed by atoms with Gasteiger partial charge in [0.25, 0.3) is 11.5 Å². The minimum Gasteiger partial charge on any atom is -0.350 e. The maximum Gasteiger partial charge on any atom is 0.262 e. The molecule has 2 aromatic carbocycles. The number of hydrogen-bond acceptors (Lipinski definition) is 6. The number of aromatic nitrogens is 4. The predicted octanol–water partition coefficient (Wildman–Crippen LogP) is 4.27. The third kappa shape index (κ3) is 5.85. The van der Waals surface area contributed by atoms with E-state index in [4.69, 9.17) is 0 Å². The van der Waals surface area contributed by atoms with E-state index in [9.17, 15) is 14.4 Å². The number of anilines is 1. The molecule has 194 valence electrons. The highest BCUT2D eigenvalue weighted by atomic mass is 32.2. The summed E-state index contributed by atoms with van der Waals surface area (Å²) in [5, 5.41) is 15.4. The Labute approximate surface area is 219 Å². The summed E-state index contributed by atoms with van der Waals surface area (Å²) in [6.45, 7) is 10.4. The zero-order chi connectivity index (χ0) is 26.7. The lowest BCUT2D eigenvalue weighted by molar-refractivity contribution is -0.113. The standard InChI is InChI=1S/C27H32N6O3S/c1-6-18(5)28-24(35)19-10-11-21-22(13-19)33-26(32(25(21)36)14-16(2)3)30-31-27(33)37-15-23(34)29-20-9-7-8-17(4)12-20/h7-13,16,18H,6,14-15H2,1-5H3,(H,28,35)(H,29,34)/t18-/m0/s1. The van der Waals surface area contributed by atoms with Crippen molar-refractivity contribution >= 4 is 45.9 Å². The molecule has 9 nitrogen and oxygen atoms in total. The Hall–Kier alpha value is -3.66. The van der Waals surface area contributed by atoms with E-state index in [0.717, 1.165) is 17.7 Å². The summed E-state index contributed by atoms with van der Waals surface area (Å²) in [5.74, 6) is 0.296. The third-order valence-corrected chi connectivity index (χ3v) is 6.93. The van der Waals surface area contributed by atoms with E-state index < -0.39 is 0 Å². The second-order valence-corrected chi connectivity index (χ2v) is 10.6. The number of nitrogens with one attached hydrogen (secondary N) is 2. The molecule has 10 heteroatoms. The minimum absolute atomic E-state index is 0.0233. The first-order valence-electron chi connectivity index (χ1n) is 12.4. The van der Waals surface area contributed by atoms with Gasteiger partial charge in [0.1, 0.15) is 0 Å². The Balaban J connectivity index is 1.74. The second-order valence-electron chi connectivity index (χ2n) is 9.65. The monoisotopic (exact) mass is 520 g/mol. The van der Waals surface area contributed by atoms with Crippen molar-refractivity contribution in [3.63, 3.8) is 0 Å². The lowest BCUT2D eigenvalue weighted by atomic mass is 10.1. The van der Waals surface area contributed by atoms with Crippen molar-refractivity contribution in [1.82, 2.24) is 24.5 Å². The zero-order valence-corrected chi connectivity index (χ0v) is 22.6. The highest BCUT2D eigenvalue weighted by molar-refractivity contribution is 7.99. The first kappa shape index (κ1) is 26.4. The molecule has 0 radical (unpaired) electrons. The number of thioether (sulfide) groups is 1. The molecule has 0 aliphatic heterocycles. The van der Waals surface area contributed by atoms with Gasteiger partial charge in [-0.25, -0.2) is 0 Å². The topological polar surface area (TPSA) is 110 Å². The van der Waals surface area contributed by atoms with Crippen molar-refractivity contribution in [3.05, 3.63) is 63.9 Å². The molecule has 4 rings (SSSR count). The van der Waals surface area contributed by atoms with E-state index in [2.05, 4.69) is 20.8 Å². The number of carbonyl (C=O) groups is 2. The number of hydrogen-bond donors (Lipinski definition) is 2. The molecular weight excluding hydrogens is 488 g/mol. The van der Waals surface area contributed by atoms with Gasteiger partial charge < -0.3 is 10.6 Å². The van der Waals surface area contributed by atoms with Crippen LogP contribution in [-0.4, -0.2) is 42.8 Å². The number of amides is 2. The SMILES string of the molecule is CC[C@H](C)NC(=O)c1ccc2c(=O)n(CC(C)C)c3nnc(SCC(=O)Nc4cccc(C)c4)n3c2c1. The first-order chi connectivity index (χ1) is 17.7. The summed E-state index contributed by atoms with van der Waals surface area (Å²) in [6, 6.07) is 12.7. The Kier molecular flexibility index (Phi) is 7.97. The van der Waals surface area contributed by atoms with Crippen LogP contribution in [0.2, 0.25) is 0 Å². The van der Waals surface area contributed by atoms with Crippen molar-refractivity contribution < 1.29 is 9.59 Å². The van der Waals surface area contributed by atoms with Gasteiger partial charge >= 0.3 is 0 Å². The van der Waals surface area contributed by atoms with E-state index in [1.165, 1.54) is 11.8 Å². The summed E-state index contributed by atoms with van der Waals surface area (Å²) < 4.78 is 3.37. The Morgan fingerprint density at radius 1 is 1.08 bits per heavy atom. The molecule has 0 unspecified atom stereocenters. The molecule has 0 saturated carbocycles. The summed E-state index contributed by atoms with van der Waals surface area (Å²) in [5.41, 5.74) is 2.56. The van der Waals surface area contributed by atoms with Crippen LogP contribution in [0.15, 0.2) is 52.4 Å². The van der Waals surface area contributed by atoms with Gasteiger partial charge in [-0.2, -0.15) is 0 Å². The molecule has 0 saturated heterocycles. The molecular formula is C27H32N6O3S. The third-order valence-electron chi connectivity index (χ3n) is 6.01. The minimum atomic E-state index is -0.212. The van der Waals surface area contributed by atoms with Crippen molar-refractivity contribution in [3.8, 4) is 0 Å². The average molecular weight is 521 g/mol. The van der Waals surface area contributed by atoms with Crippen LogP contribution in [0.25, 0.3) is 16.7 Å². The van der Waals surface area contributed by atoms with Crippen molar-refractivity contribution in [2.24, 2.45) is 5.92 Å². The lowest BCUT2D eigenvalue weighted by Crippen LogP contribution is -2.32. The molecule has 0 bridgehead atoms. The van der Waals surface area contributed by atoms with Gasteiger partial charge in [-0.3, -0.25) is 23.4 Å². The van der Waals surface area contributed by atoms with Crippen LogP contribution in [0.3, 0.4) is 0 Å². The largest absolute Gasteiger partial charge is 0.350 e. The summed E-state index contributed by atoms with van der Waals surface area (Å²) in [4.78, 5) is 38.9. The molecule has 2 amide bonds.